The summed E-state index contributed by atoms with van der Waals surface area (Å²) in [5.74, 6) is 4.69. The van der Waals surface area contributed by atoms with Crippen LogP contribution < -0.4 is 15.6 Å². The number of rotatable bonds is 6. The summed E-state index contributed by atoms with van der Waals surface area (Å²) in [6.07, 6.45) is 1.39. The van der Waals surface area contributed by atoms with Crippen molar-refractivity contribution in [1.82, 2.24) is 19.6 Å². The van der Waals surface area contributed by atoms with Crippen LogP contribution in [0.15, 0.2) is 42.6 Å². The highest BCUT2D eigenvalue weighted by Crippen LogP contribution is 2.25. The zero-order chi connectivity index (χ0) is 21.9. The number of nitrogens with zero attached hydrogens (tertiary/aromatic N) is 4. The molecule has 1 aromatic heterocycles. The molecule has 30 heavy (non-hydrogen) atoms. The minimum absolute atomic E-state index is 0.0526. The lowest BCUT2D eigenvalue weighted by molar-refractivity contribution is 0.0953. The molecule has 1 aliphatic rings. The maximum atomic E-state index is 13.6. The van der Waals surface area contributed by atoms with Crippen LogP contribution in [0.1, 0.15) is 28.5 Å². The van der Waals surface area contributed by atoms with Gasteiger partial charge in [0.15, 0.2) is 0 Å². The molecule has 0 aliphatic carbocycles. The molecule has 0 spiro atoms. The quantitative estimate of drug-likeness (QED) is 0.398. The Bertz CT molecular complexity index is 996. The first-order valence-corrected chi connectivity index (χ1v) is 11.1. The van der Waals surface area contributed by atoms with E-state index in [9.17, 15) is 13.2 Å². The normalized spacial score (nSPS) is 18.2. The number of carbonyl (C=O) groups is 1. The molecule has 2 heterocycles. The van der Waals surface area contributed by atoms with Crippen molar-refractivity contribution in [2.75, 3.05) is 31.0 Å². The van der Waals surface area contributed by atoms with E-state index in [1.165, 1.54) is 14.8 Å². The van der Waals surface area contributed by atoms with Crippen LogP contribution in [0, 0.1) is 6.92 Å². The van der Waals surface area contributed by atoms with Gasteiger partial charge in [-0.1, -0.05) is 12.1 Å². The zero-order valence-corrected chi connectivity index (χ0v) is 18.3. The van der Waals surface area contributed by atoms with Crippen LogP contribution in [0.25, 0.3) is 0 Å². The second kappa shape index (κ2) is 9.09. The number of aromatic nitrogens is 1. The Kier molecular flexibility index (Phi) is 6.71. The third kappa shape index (κ3) is 4.78. The van der Waals surface area contributed by atoms with Gasteiger partial charge in [-0.2, -0.15) is 12.7 Å². The van der Waals surface area contributed by atoms with Gasteiger partial charge in [-0.15, -0.1) is 0 Å². The molecular formula is C20H28N6O3S. The topological polar surface area (TPSA) is 112 Å². The van der Waals surface area contributed by atoms with Gasteiger partial charge in [-0.05, 0) is 50.7 Å². The highest BCUT2D eigenvalue weighted by Gasteiger charge is 2.34. The summed E-state index contributed by atoms with van der Waals surface area (Å²) in [5, 5.41) is 0. The number of carbonyl (C=O) groups excluding carboxylic acids is 1. The molecule has 0 saturated carbocycles. The van der Waals surface area contributed by atoms with Gasteiger partial charge < -0.3 is 4.90 Å². The number of pyridine rings is 1. The molecule has 3 rings (SSSR count). The van der Waals surface area contributed by atoms with E-state index in [2.05, 4.69) is 15.3 Å². The number of piperazine rings is 1. The second-order valence-electron chi connectivity index (χ2n) is 7.55. The van der Waals surface area contributed by atoms with E-state index in [0.29, 0.717) is 36.6 Å². The Hall–Kier alpha value is -2.53. The first kappa shape index (κ1) is 22.2. The molecule has 1 aliphatic heterocycles. The minimum Gasteiger partial charge on any atom is -0.301 e. The Morgan fingerprint density at radius 3 is 2.67 bits per heavy atom. The first-order chi connectivity index (χ1) is 14.2. The van der Waals surface area contributed by atoms with Crippen molar-refractivity contribution >= 4 is 21.8 Å². The summed E-state index contributed by atoms with van der Waals surface area (Å²) >= 11 is 0. The Labute approximate surface area is 177 Å². The van der Waals surface area contributed by atoms with Crippen molar-refractivity contribution in [3.8, 4) is 0 Å². The standard InChI is InChI=1S/C20H28N6O3S/c1-15-5-4-6-19(11-15)26(14-18-8-7-17(12-22-18)20(27)23-21)30(28,29)25-10-9-24(3)16(2)13-25/h4-8,11-12,16H,9-10,13-14,21H2,1-3H3,(H,23,27)/t16-/m0/s1. The van der Waals surface area contributed by atoms with E-state index >= 15 is 0 Å². The number of nitrogens with one attached hydrogen (secondary N) is 1. The fraction of sp³-hybridized carbons (Fsp3) is 0.400. The van der Waals surface area contributed by atoms with Gasteiger partial charge >= 0.3 is 10.2 Å². The van der Waals surface area contributed by atoms with Crippen LogP contribution in [0.3, 0.4) is 0 Å². The van der Waals surface area contributed by atoms with Crippen molar-refractivity contribution in [3.05, 3.63) is 59.4 Å². The van der Waals surface area contributed by atoms with Crippen LogP contribution in [-0.4, -0.2) is 61.2 Å². The molecule has 162 valence electrons. The molecule has 1 aromatic carbocycles. The second-order valence-corrected chi connectivity index (χ2v) is 9.41. The molecule has 1 atom stereocenters. The van der Waals surface area contributed by atoms with Crippen LogP contribution in [0.5, 0.6) is 0 Å². The molecule has 10 heteroatoms. The molecule has 9 nitrogen and oxygen atoms in total. The van der Waals surface area contributed by atoms with Gasteiger partial charge in [0.1, 0.15) is 0 Å². The van der Waals surface area contributed by atoms with Crippen molar-refractivity contribution in [3.63, 3.8) is 0 Å². The number of aryl methyl sites for hydroxylation is 1. The Morgan fingerprint density at radius 1 is 1.30 bits per heavy atom. The highest BCUT2D eigenvalue weighted by atomic mass is 32.2. The van der Waals surface area contributed by atoms with Crippen molar-refractivity contribution in [2.24, 2.45) is 5.84 Å². The summed E-state index contributed by atoms with van der Waals surface area (Å²) in [6.45, 7) is 5.51. The van der Waals surface area contributed by atoms with Crippen molar-refractivity contribution < 1.29 is 13.2 Å². The van der Waals surface area contributed by atoms with Gasteiger partial charge in [0.2, 0.25) is 0 Å². The Morgan fingerprint density at radius 2 is 2.07 bits per heavy atom. The SMILES string of the molecule is Cc1cccc(N(Cc2ccc(C(=O)NN)cn2)S(=O)(=O)N2CCN(C)[C@@H](C)C2)c1. The lowest BCUT2D eigenvalue weighted by Gasteiger charge is -2.39. The molecule has 3 N–H and O–H groups in total. The number of benzene rings is 1. The van der Waals surface area contributed by atoms with Gasteiger partial charge in [0.05, 0.1) is 23.5 Å². The Balaban J connectivity index is 1.94. The molecule has 1 fully saturated rings. The zero-order valence-electron chi connectivity index (χ0n) is 17.4. The van der Waals surface area contributed by atoms with Crippen LogP contribution in [-0.2, 0) is 16.8 Å². The monoisotopic (exact) mass is 432 g/mol. The van der Waals surface area contributed by atoms with Gasteiger partial charge in [0, 0.05) is 31.9 Å². The van der Waals surface area contributed by atoms with Crippen LogP contribution in [0.4, 0.5) is 5.69 Å². The summed E-state index contributed by atoms with van der Waals surface area (Å²) in [7, 11) is -1.78. The fourth-order valence-electron chi connectivity index (χ4n) is 3.34. The molecule has 0 bridgehead atoms. The van der Waals surface area contributed by atoms with E-state index in [1.54, 1.807) is 18.2 Å². The number of hydrogen-bond donors (Lipinski definition) is 2. The highest BCUT2D eigenvalue weighted by molar-refractivity contribution is 7.90. The average molecular weight is 433 g/mol. The molecule has 0 radical (unpaired) electrons. The number of nitrogen functional groups attached to an aromatic ring is 1. The number of hydrazine groups is 1. The summed E-state index contributed by atoms with van der Waals surface area (Å²) in [6, 6.07) is 10.7. The first-order valence-electron chi connectivity index (χ1n) is 9.73. The molecule has 2 aromatic rings. The van der Waals surface area contributed by atoms with Gasteiger partial charge in [0.25, 0.3) is 5.91 Å². The average Bonchev–Trinajstić information content (AvgIpc) is 2.73. The number of hydrogen-bond acceptors (Lipinski definition) is 6. The molecule has 1 saturated heterocycles. The number of likely N-dealkylation sites (N-methyl/N-ethyl adjacent to an activating group) is 1. The maximum Gasteiger partial charge on any atom is 0.304 e. The third-order valence-corrected chi connectivity index (χ3v) is 7.22. The predicted octanol–water partition coefficient (Wildman–Crippen LogP) is 0.881. The molecule has 0 unspecified atom stereocenters. The summed E-state index contributed by atoms with van der Waals surface area (Å²) < 4.78 is 30.1. The lowest BCUT2D eigenvalue weighted by atomic mass is 10.2. The molecule has 1 amide bonds. The van der Waals surface area contributed by atoms with E-state index in [4.69, 9.17) is 5.84 Å². The van der Waals surface area contributed by atoms with Crippen LogP contribution >= 0.6 is 0 Å². The predicted molar refractivity (Wildman–Crippen MR) is 116 cm³/mol. The third-order valence-electron chi connectivity index (χ3n) is 5.34. The smallest absolute Gasteiger partial charge is 0.301 e. The fourth-order valence-corrected chi connectivity index (χ4v) is 5.01. The number of anilines is 1. The molecular weight excluding hydrogens is 404 g/mol. The van der Waals surface area contributed by atoms with E-state index in [0.717, 1.165) is 5.56 Å². The summed E-state index contributed by atoms with van der Waals surface area (Å²) in [5.41, 5.74) is 4.42. The van der Waals surface area contributed by atoms with Gasteiger partial charge in [-0.3, -0.25) is 19.5 Å². The van der Waals surface area contributed by atoms with Crippen molar-refractivity contribution in [2.45, 2.75) is 26.4 Å². The minimum atomic E-state index is -3.78. The van der Waals surface area contributed by atoms with Gasteiger partial charge in [-0.25, -0.2) is 5.84 Å². The van der Waals surface area contributed by atoms with Crippen LogP contribution in [0.2, 0.25) is 0 Å². The largest absolute Gasteiger partial charge is 0.304 e. The maximum absolute atomic E-state index is 13.6. The number of amides is 1. The van der Waals surface area contributed by atoms with E-state index in [-0.39, 0.29) is 12.6 Å². The lowest BCUT2D eigenvalue weighted by Crippen LogP contribution is -2.55. The van der Waals surface area contributed by atoms with E-state index in [1.807, 2.05) is 39.1 Å². The van der Waals surface area contributed by atoms with E-state index < -0.39 is 16.1 Å². The number of nitrogens with two attached hydrogens (primary N) is 1. The summed E-state index contributed by atoms with van der Waals surface area (Å²) in [4.78, 5) is 18.1. The van der Waals surface area contributed by atoms with Crippen molar-refractivity contribution in [1.29, 1.82) is 0 Å².